The van der Waals surface area contributed by atoms with Gasteiger partial charge in [-0.25, -0.2) is 4.98 Å². The summed E-state index contributed by atoms with van der Waals surface area (Å²) >= 11 is 1.20. The number of pyridine rings is 1. The van der Waals surface area contributed by atoms with Crippen LogP contribution in [0.2, 0.25) is 0 Å². The zero-order chi connectivity index (χ0) is 20.0. The summed E-state index contributed by atoms with van der Waals surface area (Å²) in [6.45, 7) is 7.29. The molecule has 27 heavy (non-hydrogen) atoms. The Hall–Kier alpha value is -2.54. The van der Waals surface area contributed by atoms with E-state index in [0.29, 0.717) is 22.0 Å². The summed E-state index contributed by atoms with van der Waals surface area (Å²) in [7, 11) is 1.55. The highest BCUT2D eigenvalue weighted by Gasteiger charge is 2.20. The molecule has 1 aromatic carbocycles. The zero-order valence-electron chi connectivity index (χ0n) is 16.2. The lowest BCUT2D eigenvalue weighted by Crippen LogP contribution is -2.18. The first-order valence-corrected chi connectivity index (χ1v) is 9.55. The molecule has 0 radical (unpaired) electrons. The van der Waals surface area contributed by atoms with Gasteiger partial charge in [-0.2, -0.15) is 0 Å². The fraction of sp³-hybridized carbons (Fsp3) is 0.350. The fourth-order valence-electron chi connectivity index (χ4n) is 2.54. The van der Waals surface area contributed by atoms with Crippen molar-refractivity contribution in [3.8, 4) is 5.75 Å². The normalized spacial score (nSPS) is 10.6. The Morgan fingerprint density at radius 1 is 1.22 bits per heavy atom. The maximum absolute atomic E-state index is 12.9. The molecule has 0 fully saturated rings. The van der Waals surface area contributed by atoms with Gasteiger partial charge in [-0.15, -0.1) is 0 Å². The number of nitrogens with zero attached hydrogens (tertiary/aromatic N) is 1. The quantitative estimate of drug-likeness (QED) is 0.571. The first-order chi connectivity index (χ1) is 12.8. The molecule has 1 aromatic heterocycles. The summed E-state index contributed by atoms with van der Waals surface area (Å²) in [6.07, 6.45) is -0.182. The van der Waals surface area contributed by atoms with E-state index < -0.39 is 0 Å². The molecule has 1 amide bonds. The van der Waals surface area contributed by atoms with Crippen LogP contribution in [0.5, 0.6) is 5.75 Å². The van der Waals surface area contributed by atoms with E-state index in [2.05, 4.69) is 10.3 Å². The van der Waals surface area contributed by atoms with E-state index in [-0.39, 0.29) is 23.7 Å². The van der Waals surface area contributed by atoms with Crippen molar-refractivity contribution in [3.05, 3.63) is 47.2 Å². The summed E-state index contributed by atoms with van der Waals surface area (Å²) in [4.78, 5) is 29.2. The maximum atomic E-state index is 12.9. The minimum absolute atomic E-state index is 0.0863. The molecular weight excluding hydrogens is 364 g/mol. The molecule has 0 saturated carbocycles. The third-order valence-electron chi connectivity index (χ3n) is 3.59. The average molecular weight is 388 g/mol. The van der Waals surface area contributed by atoms with E-state index in [9.17, 15) is 9.59 Å². The Morgan fingerprint density at radius 3 is 2.59 bits per heavy atom. The van der Waals surface area contributed by atoms with Crippen LogP contribution in [0.1, 0.15) is 35.5 Å². The van der Waals surface area contributed by atoms with Crippen LogP contribution in [0.3, 0.4) is 0 Å². The van der Waals surface area contributed by atoms with Crippen molar-refractivity contribution < 1.29 is 19.1 Å². The van der Waals surface area contributed by atoms with E-state index in [1.54, 1.807) is 33.1 Å². The molecule has 6 nitrogen and oxygen atoms in total. The predicted molar refractivity (Wildman–Crippen MR) is 107 cm³/mol. The number of anilines is 1. The number of amides is 1. The minimum Gasteiger partial charge on any atom is -0.495 e. The third-order valence-corrected chi connectivity index (χ3v) is 4.54. The Labute approximate surface area is 163 Å². The third kappa shape index (κ3) is 5.72. The van der Waals surface area contributed by atoms with E-state index >= 15 is 0 Å². The van der Waals surface area contributed by atoms with Gasteiger partial charge in [0.25, 0.3) is 5.91 Å². The van der Waals surface area contributed by atoms with Crippen LogP contribution in [0.4, 0.5) is 5.69 Å². The molecule has 7 heteroatoms. The minimum atomic E-state index is -0.341. The van der Waals surface area contributed by atoms with Gasteiger partial charge in [0, 0.05) is 5.69 Å². The second kappa shape index (κ2) is 9.41. The van der Waals surface area contributed by atoms with Crippen LogP contribution in [0.25, 0.3) is 0 Å². The van der Waals surface area contributed by atoms with Crippen LogP contribution >= 0.6 is 11.8 Å². The molecule has 2 aromatic rings. The lowest BCUT2D eigenvalue weighted by Gasteiger charge is -2.14. The number of aromatic nitrogens is 1. The molecule has 2 rings (SSSR count). The largest absolute Gasteiger partial charge is 0.495 e. The smallest absolute Gasteiger partial charge is 0.316 e. The Kier molecular flexibility index (Phi) is 7.24. The van der Waals surface area contributed by atoms with Crippen molar-refractivity contribution in [3.63, 3.8) is 0 Å². The lowest BCUT2D eigenvalue weighted by atomic mass is 10.1. The summed E-state index contributed by atoms with van der Waals surface area (Å²) < 4.78 is 10.4. The number of nitrogens with one attached hydrogen (secondary N) is 1. The number of thioether (sulfide) groups is 1. The molecule has 0 spiro atoms. The summed E-state index contributed by atoms with van der Waals surface area (Å²) in [5.74, 6) is 0.0118. The monoisotopic (exact) mass is 388 g/mol. The van der Waals surface area contributed by atoms with E-state index in [0.717, 1.165) is 11.3 Å². The standard InChI is InChI=1S/C20H24N2O4S/c1-12(2)26-17(23)11-27-20-18(13(3)10-14(4)21-20)19(24)22-15-8-6-7-9-16(15)25-5/h6-10,12H,11H2,1-5H3,(H,22,24). The molecule has 1 heterocycles. The van der Waals surface area contributed by atoms with Gasteiger partial charge < -0.3 is 14.8 Å². The highest BCUT2D eigenvalue weighted by molar-refractivity contribution is 8.00. The van der Waals surface area contributed by atoms with Gasteiger partial charge in [0.2, 0.25) is 0 Å². The number of hydrogen-bond donors (Lipinski definition) is 1. The summed E-state index contributed by atoms with van der Waals surface area (Å²) in [6, 6.07) is 9.02. The Bertz CT molecular complexity index is 837. The highest BCUT2D eigenvalue weighted by Crippen LogP contribution is 2.28. The van der Waals surface area contributed by atoms with Crippen molar-refractivity contribution in [2.24, 2.45) is 0 Å². The Balaban J connectivity index is 2.26. The topological polar surface area (TPSA) is 77.5 Å². The average Bonchev–Trinajstić information content (AvgIpc) is 2.59. The van der Waals surface area contributed by atoms with Gasteiger partial charge in [0.05, 0.1) is 30.2 Å². The van der Waals surface area contributed by atoms with E-state index in [1.165, 1.54) is 11.8 Å². The van der Waals surface area contributed by atoms with Crippen LogP contribution in [-0.4, -0.2) is 35.8 Å². The van der Waals surface area contributed by atoms with E-state index in [1.807, 2.05) is 32.0 Å². The molecule has 0 aliphatic rings. The number of ether oxygens (including phenoxy) is 2. The molecule has 0 bridgehead atoms. The van der Waals surface area contributed by atoms with Crippen LogP contribution in [-0.2, 0) is 9.53 Å². The van der Waals surface area contributed by atoms with Crippen molar-refractivity contribution in [1.29, 1.82) is 0 Å². The van der Waals surface area contributed by atoms with Gasteiger partial charge in [0.15, 0.2) is 0 Å². The molecule has 0 aliphatic carbocycles. The predicted octanol–water partition coefficient (Wildman–Crippen LogP) is 4.00. The first kappa shape index (κ1) is 20.8. The van der Waals surface area contributed by atoms with Crippen LogP contribution in [0, 0.1) is 13.8 Å². The molecule has 0 atom stereocenters. The van der Waals surface area contributed by atoms with Gasteiger partial charge in [0.1, 0.15) is 10.8 Å². The number of carbonyl (C=O) groups excluding carboxylic acids is 2. The van der Waals surface area contributed by atoms with Crippen molar-refractivity contribution >= 4 is 29.3 Å². The maximum Gasteiger partial charge on any atom is 0.316 e. The van der Waals surface area contributed by atoms with Crippen molar-refractivity contribution in [2.75, 3.05) is 18.2 Å². The number of methoxy groups -OCH3 is 1. The SMILES string of the molecule is COc1ccccc1NC(=O)c1c(C)cc(C)nc1SCC(=O)OC(C)C. The zero-order valence-corrected chi connectivity index (χ0v) is 17.0. The van der Waals surface area contributed by atoms with Crippen LogP contribution in [0.15, 0.2) is 35.4 Å². The van der Waals surface area contributed by atoms with Crippen molar-refractivity contribution in [2.45, 2.75) is 38.8 Å². The number of rotatable bonds is 7. The number of aryl methyl sites for hydroxylation is 2. The van der Waals surface area contributed by atoms with Gasteiger partial charge in [-0.05, 0) is 51.5 Å². The number of esters is 1. The fourth-order valence-corrected chi connectivity index (χ4v) is 3.47. The first-order valence-electron chi connectivity index (χ1n) is 8.56. The number of carbonyl (C=O) groups is 2. The molecule has 0 saturated heterocycles. The van der Waals surface area contributed by atoms with Crippen molar-refractivity contribution in [1.82, 2.24) is 4.98 Å². The highest BCUT2D eigenvalue weighted by atomic mass is 32.2. The lowest BCUT2D eigenvalue weighted by molar-refractivity contribution is -0.144. The molecule has 1 N–H and O–H groups in total. The molecular formula is C20H24N2O4S. The number of para-hydroxylation sites is 2. The van der Waals surface area contributed by atoms with E-state index in [4.69, 9.17) is 9.47 Å². The molecule has 144 valence electrons. The number of benzene rings is 1. The van der Waals surface area contributed by atoms with Crippen LogP contribution < -0.4 is 10.1 Å². The van der Waals surface area contributed by atoms with Gasteiger partial charge in [-0.1, -0.05) is 23.9 Å². The number of hydrogen-bond acceptors (Lipinski definition) is 6. The summed E-state index contributed by atoms with van der Waals surface area (Å²) in [5, 5.41) is 3.37. The Morgan fingerprint density at radius 2 is 1.93 bits per heavy atom. The summed E-state index contributed by atoms with van der Waals surface area (Å²) in [5.41, 5.74) is 2.57. The molecule has 0 aliphatic heterocycles. The van der Waals surface area contributed by atoms with Gasteiger partial charge in [-0.3, -0.25) is 9.59 Å². The van der Waals surface area contributed by atoms with Gasteiger partial charge >= 0.3 is 5.97 Å². The molecule has 0 unspecified atom stereocenters. The second-order valence-electron chi connectivity index (χ2n) is 6.24. The second-order valence-corrected chi connectivity index (χ2v) is 7.21.